The summed E-state index contributed by atoms with van der Waals surface area (Å²) < 4.78 is 10.7. The molecule has 1 aliphatic rings. The van der Waals surface area contributed by atoms with Crippen LogP contribution in [0.5, 0.6) is 0 Å². The molecule has 5 nitrogen and oxygen atoms in total. The Kier molecular flexibility index (Phi) is 5.79. The van der Waals surface area contributed by atoms with Gasteiger partial charge in [-0.2, -0.15) is 0 Å². The van der Waals surface area contributed by atoms with Gasteiger partial charge in [0.1, 0.15) is 11.3 Å². The highest BCUT2D eigenvalue weighted by molar-refractivity contribution is 6.36. The largest absolute Gasteiger partial charge is 0.428 e. The highest BCUT2D eigenvalue weighted by Gasteiger charge is 2.45. The molecule has 1 N–H and O–H groups in total. The third kappa shape index (κ3) is 3.92. The zero-order chi connectivity index (χ0) is 20.5. The van der Waals surface area contributed by atoms with Crippen molar-refractivity contribution in [2.24, 2.45) is 0 Å². The van der Waals surface area contributed by atoms with Gasteiger partial charge in [-0.3, -0.25) is 9.59 Å². The van der Waals surface area contributed by atoms with E-state index in [0.29, 0.717) is 15.6 Å². The lowest BCUT2D eigenvalue weighted by atomic mass is 9.95. The molecule has 0 radical (unpaired) electrons. The number of methoxy groups -OCH3 is 1. The number of esters is 1. The highest BCUT2D eigenvalue weighted by atomic mass is 35.5. The average Bonchev–Trinajstić information content (AvgIpc) is 2.86. The van der Waals surface area contributed by atoms with Gasteiger partial charge in [-0.05, 0) is 42.3 Å². The minimum Gasteiger partial charge on any atom is -0.428 e. The molecule has 2 aromatic carbocycles. The predicted molar refractivity (Wildman–Crippen MR) is 109 cm³/mol. The summed E-state index contributed by atoms with van der Waals surface area (Å²) in [5.41, 5.74) is 1.47. The molecule has 1 heterocycles. The van der Waals surface area contributed by atoms with Gasteiger partial charge in [-0.15, -0.1) is 0 Å². The molecule has 0 saturated carbocycles. The van der Waals surface area contributed by atoms with Gasteiger partial charge in [-0.25, -0.2) is 0 Å². The molecular weight excluding hydrogens is 401 g/mol. The van der Waals surface area contributed by atoms with E-state index >= 15 is 0 Å². The van der Waals surface area contributed by atoms with Gasteiger partial charge in [0.05, 0.1) is 12.2 Å². The van der Waals surface area contributed by atoms with Crippen molar-refractivity contribution in [2.75, 3.05) is 13.7 Å². The topological polar surface area (TPSA) is 64.6 Å². The van der Waals surface area contributed by atoms with E-state index < -0.39 is 11.5 Å². The van der Waals surface area contributed by atoms with Crippen molar-refractivity contribution in [1.29, 1.82) is 0 Å². The first kappa shape index (κ1) is 20.4. The third-order valence-corrected chi connectivity index (χ3v) is 5.02. The normalized spacial score (nSPS) is 19.0. The average molecular weight is 420 g/mol. The molecule has 1 amide bonds. The van der Waals surface area contributed by atoms with Gasteiger partial charge in [0, 0.05) is 29.6 Å². The van der Waals surface area contributed by atoms with Crippen molar-refractivity contribution in [3.05, 3.63) is 63.8 Å². The van der Waals surface area contributed by atoms with Crippen LogP contribution in [0.3, 0.4) is 0 Å². The Bertz CT molecular complexity index is 969. The lowest BCUT2D eigenvalue weighted by Gasteiger charge is -2.25. The van der Waals surface area contributed by atoms with Crippen molar-refractivity contribution >= 4 is 40.7 Å². The lowest BCUT2D eigenvalue weighted by molar-refractivity contribution is -0.138. The minimum atomic E-state index is -0.980. The molecule has 0 fully saturated rings. The number of carbonyl (C=O) groups is 2. The molecule has 0 bridgehead atoms. The van der Waals surface area contributed by atoms with E-state index in [1.165, 1.54) is 14.0 Å². The molecule has 0 spiro atoms. The molecule has 1 unspecified atom stereocenters. The standard InChI is InChI=1S/C21H19Cl2NO4/c1-12(25)28-19-18(20(26)24-21(19,2)11-27-3)16-10-14(6-9-17(16)23)13-4-7-15(22)8-5-13/h4-10H,11H2,1-3H3,(H,24,26). The van der Waals surface area contributed by atoms with Crippen LogP contribution in [-0.4, -0.2) is 31.1 Å². The van der Waals surface area contributed by atoms with E-state index in [-0.39, 0.29) is 23.8 Å². The molecule has 3 rings (SSSR count). The number of hydrogen-bond acceptors (Lipinski definition) is 4. The Labute approximate surface area is 173 Å². The molecule has 28 heavy (non-hydrogen) atoms. The maximum Gasteiger partial charge on any atom is 0.307 e. The van der Waals surface area contributed by atoms with E-state index in [1.807, 2.05) is 18.2 Å². The van der Waals surface area contributed by atoms with Gasteiger partial charge < -0.3 is 14.8 Å². The number of nitrogens with one attached hydrogen (secondary N) is 1. The monoisotopic (exact) mass is 419 g/mol. The molecule has 0 saturated heterocycles. The molecule has 7 heteroatoms. The van der Waals surface area contributed by atoms with Crippen LogP contribution in [0.15, 0.2) is 48.2 Å². The summed E-state index contributed by atoms with van der Waals surface area (Å²) in [5.74, 6) is -0.718. The SMILES string of the molecule is COCC1(C)NC(=O)C(c2cc(-c3ccc(Cl)cc3)ccc2Cl)=C1OC(C)=O. The smallest absolute Gasteiger partial charge is 0.307 e. The molecule has 146 valence electrons. The Morgan fingerprint density at radius 1 is 1.11 bits per heavy atom. The molecule has 1 atom stereocenters. The summed E-state index contributed by atoms with van der Waals surface area (Å²) in [4.78, 5) is 24.5. The van der Waals surface area contributed by atoms with Crippen molar-refractivity contribution in [3.63, 3.8) is 0 Å². The molecule has 0 aromatic heterocycles. The minimum absolute atomic E-state index is 0.138. The first-order valence-electron chi connectivity index (χ1n) is 8.55. The summed E-state index contributed by atoms with van der Waals surface area (Å²) in [5, 5.41) is 3.84. The quantitative estimate of drug-likeness (QED) is 0.725. The third-order valence-electron chi connectivity index (χ3n) is 4.44. The van der Waals surface area contributed by atoms with Crippen molar-refractivity contribution in [2.45, 2.75) is 19.4 Å². The lowest BCUT2D eigenvalue weighted by Crippen LogP contribution is -2.46. The van der Waals surface area contributed by atoms with Crippen LogP contribution in [0.25, 0.3) is 16.7 Å². The van der Waals surface area contributed by atoms with Gasteiger partial charge >= 0.3 is 5.97 Å². The van der Waals surface area contributed by atoms with E-state index in [2.05, 4.69) is 5.32 Å². The highest BCUT2D eigenvalue weighted by Crippen LogP contribution is 2.39. The Morgan fingerprint density at radius 2 is 1.75 bits per heavy atom. The van der Waals surface area contributed by atoms with Crippen LogP contribution in [0.4, 0.5) is 0 Å². The summed E-state index contributed by atoms with van der Waals surface area (Å²) in [7, 11) is 1.51. The Morgan fingerprint density at radius 3 is 2.36 bits per heavy atom. The number of halogens is 2. The number of carbonyl (C=O) groups excluding carboxylic acids is 2. The number of rotatable bonds is 5. The van der Waals surface area contributed by atoms with Crippen molar-refractivity contribution in [1.82, 2.24) is 5.32 Å². The Balaban J connectivity index is 2.18. The van der Waals surface area contributed by atoms with Crippen LogP contribution >= 0.6 is 23.2 Å². The molecule has 2 aromatic rings. The van der Waals surface area contributed by atoms with Gasteiger partial charge in [0.25, 0.3) is 5.91 Å². The fourth-order valence-corrected chi connectivity index (χ4v) is 3.57. The van der Waals surface area contributed by atoms with Crippen LogP contribution in [-0.2, 0) is 19.1 Å². The van der Waals surface area contributed by atoms with E-state index in [4.69, 9.17) is 32.7 Å². The summed E-state index contributed by atoms with van der Waals surface area (Å²) >= 11 is 12.4. The van der Waals surface area contributed by atoms with Crippen molar-refractivity contribution in [3.8, 4) is 11.1 Å². The molecule has 0 aliphatic carbocycles. The Hall–Kier alpha value is -2.34. The summed E-state index contributed by atoms with van der Waals surface area (Å²) in [6.07, 6.45) is 0. The first-order valence-corrected chi connectivity index (χ1v) is 9.31. The molecular formula is C21H19Cl2NO4. The van der Waals surface area contributed by atoms with Gasteiger partial charge in [-0.1, -0.05) is 41.4 Å². The second-order valence-corrected chi connectivity index (χ2v) is 7.56. The van der Waals surface area contributed by atoms with Gasteiger partial charge in [0.15, 0.2) is 0 Å². The number of benzene rings is 2. The maximum absolute atomic E-state index is 12.8. The molecule has 1 aliphatic heterocycles. The zero-order valence-electron chi connectivity index (χ0n) is 15.6. The summed E-state index contributed by atoms with van der Waals surface area (Å²) in [6.45, 7) is 3.16. The number of hydrogen-bond donors (Lipinski definition) is 1. The van der Waals surface area contributed by atoms with Crippen LogP contribution in [0.1, 0.15) is 19.4 Å². The van der Waals surface area contributed by atoms with Crippen LogP contribution in [0, 0.1) is 0 Å². The second-order valence-electron chi connectivity index (χ2n) is 6.72. The van der Waals surface area contributed by atoms with Crippen LogP contribution in [0.2, 0.25) is 10.0 Å². The predicted octanol–water partition coefficient (Wildman–Crippen LogP) is 4.47. The maximum atomic E-state index is 12.8. The number of amides is 1. The first-order chi connectivity index (χ1) is 13.2. The zero-order valence-corrected chi connectivity index (χ0v) is 17.1. The van der Waals surface area contributed by atoms with E-state index in [9.17, 15) is 9.59 Å². The van der Waals surface area contributed by atoms with Crippen molar-refractivity contribution < 1.29 is 19.1 Å². The van der Waals surface area contributed by atoms with E-state index in [1.54, 1.807) is 31.2 Å². The second kappa shape index (κ2) is 7.95. The van der Waals surface area contributed by atoms with E-state index in [0.717, 1.165) is 11.1 Å². The van der Waals surface area contributed by atoms with Crippen LogP contribution < -0.4 is 5.32 Å². The fraction of sp³-hybridized carbons (Fsp3) is 0.238. The van der Waals surface area contributed by atoms with Gasteiger partial charge in [0.2, 0.25) is 0 Å². The fourth-order valence-electron chi connectivity index (χ4n) is 3.23. The number of ether oxygens (including phenoxy) is 2. The summed E-state index contributed by atoms with van der Waals surface area (Å²) in [6, 6.07) is 12.7.